The van der Waals surface area contributed by atoms with E-state index >= 15 is 0 Å². The molecule has 3 nitrogen and oxygen atoms in total. The van der Waals surface area contributed by atoms with Gasteiger partial charge in [-0.25, -0.2) is 4.79 Å². The third-order valence-electron chi connectivity index (χ3n) is 3.27. The highest BCUT2D eigenvalue weighted by molar-refractivity contribution is 7.80. The van der Waals surface area contributed by atoms with Gasteiger partial charge in [-0.05, 0) is 41.5 Å². The number of aromatic carboxylic acids is 1. The van der Waals surface area contributed by atoms with Gasteiger partial charge >= 0.3 is 5.97 Å². The summed E-state index contributed by atoms with van der Waals surface area (Å²) in [5.74, 6) is 0.0220. The number of carboxylic acid groups (broad SMARTS) is 1. The second-order valence-corrected chi connectivity index (χ2v) is 5.68. The number of carbonyl (C=O) groups is 1. The van der Waals surface area contributed by atoms with Crippen molar-refractivity contribution in [2.24, 2.45) is 0 Å². The monoisotopic (exact) mass is 336 g/mol. The van der Waals surface area contributed by atoms with E-state index < -0.39 is 5.97 Å². The Hall–Kier alpha value is -1.65. The zero-order valence-corrected chi connectivity index (χ0v) is 13.6. The molecule has 2 aromatic rings. The molecule has 0 spiro atoms. The van der Waals surface area contributed by atoms with Crippen molar-refractivity contribution in [3.63, 3.8) is 0 Å². The number of halogens is 1. The van der Waals surface area contributed by atoms with Gasteiger partial charge in [0, 0.05) is 11.4 Å². The van der Waals surface area contributed by atoms with Crippen LogP contribution in [0.3, 0.4) is 0 Å². The van der Waals surface area contributed by atoms with Crippen LogP contribution < -0.4 is 4.74 Å². The second-order valence-electron chi connectivity index (χ2n) is 4.79. The molecule has 0 bridgehead atoms. The number of benzene rings is 2. The fourth-order valence-electron chi connectivity index (χ4n) is 2.20. The van der Waals surface area contributed by atoms with Gasteiger partial charge < -0.3 is 9.84 Å². The summed E-state index contributed by atoms with van der Waals surface area (Å²) in [5.41, 5.74) is 2.06. The van der Waals surface area contributed by atoms with Gasteiger partial charge in [-0.15, -0.1) is 0 Å². The lowest BCUT2D eigenvalue weighted by Crippen LogP contribution is -2.09. The maximum Gasteiger partial charge on any atom is 0.339 e. The standard InChI is InChI=1S/C17H17ClO3S/c18-14-6-4-12(5-7-14)8-10-21-15-3-1-2-13(9-11-22)16(15)17(19)20/h1-7,22H,8-11H2,(H,19,20). The predicted octanol–water partition coefficient (Wildman–Crippen LogP) is 4.13. The summed E-state index contributed by atoms with van der Waals surface area (Å²) in [6.07, 6.45) is 1.28. The average molecular weight is 337 g/mol. The first-order valence-corrected chi connectivity index (χ1v) is 7.96. The van der Waals surface area contributed by atoms with E-state index in [0.29, 0.717) is 36.0 Å². The normalized spacial score (nSPS) is 10.5. The fourth-order valence-corrected chi connectivity index (χ4v) is 2.57. The van der Waals surface area contributed by atoms with Gasteiger partial charge in [0.25, 0.3) is 0 Å². The molecular weight excluding hydrogens is 320 g/mol. The number of thiol groups is 1. The van der Waals surface area contributed by atoms with E-state index in [4.69, 9.17) is 16.3 Å². The zero-order chi connectivity index (χ0) is 15.9. The lowest BCUT2D eigenvalue weighted by atomic mass is 10.0. The van der Waals surface area contributed by atoms with Crippen molar-refractivity contribution in [3.8, 4) is 5.75 Å². The van der Waals surface area contributed by atoms with Crippen molar-refractivity contribution in [3.05, 3.63) is 64.2 Å². The Morgan fingerprint density at radius 3 is 2.50 bits per heavy atom. The summed E-state index contributed by atoms with van der Waals surface area (Å²) in [7, 11) is 0. The Morgan fingerprint density at radius 1 is 1.14 bits per heavy atom. The third kappa shape index (κ3) is 4.42. The van der Waals surface area contributed by atoms with Crippen molar-refractivity contribution in [1.82, 2.24) is 0 Å². The van der Waals surface area contributed by atoms with E-state index in [1.807, 2.05) is 30.3 Å². The molecule has 0 fully saturated rings. The van der Waals surface area contributed by atoms with Crippen LogP contribution in [-0.2, 0) is 12.8 Å². The van der Waals surface area contributed by atoms with Gasteiger partial charge in [0.15, 0.2) is 0 Å². The number of hydrogen-bond donors (Lipinski definition) is 2. The molecule has 0 heterocycles. The summed E-state index contributed by atoms with van der Waals surface area (Å²) in [4.78, 5) is 11.5. The smallest absolute Gasteiger partial charge is 0.339 e. The van der Waals surface area contributed by atoms with Crippen molar-refractivity contribution in [2.75, 3.05) is 12.4 Å². The van der Waals surface area contributed by atoms with Gasteiger partial charge in [-0.2, -0.15) is 12.6 Å². The minimum atomic E-state index is -0.973. The number of rotatable bonds is 7. The minimum Gasteiger partial charge on any atom is -0.492 e. The van der Waals surface area contributed by atoms with Crippen LogP contribution in [0.1, 0.15) is 21.5 Å². The highest BCUT2D eigenvalue weighted by Gasteiger charge is 2.16. The molecular formula is C17H17ClO3S. The summed E-state index contributed by atoms with van der Waals surface area (Å²) < 4.78 is 5.68. The molecule has 0 aliphatic rings. The van der Waals surface area contributed by atoms with Crippen LogP contribution in [0.5, 0.6) is 5.75 Å². The van der Waals surface area contributed by atoms with E-state index in [1.165, 1.54) is 0 Å². The van der Waals surface area contributed by atoms with Crippen molar-refractivity contribution < 1.29 is 14.6 Å². The SMILES string of the molecule is O=C(O)c1c(CCS)cccc1OCCc1ccc(Cl)cc1. The molecule has 22 heavy (non-hydrogen) atoms. The van der Waals surface area contributed by atoms with Crippen molar-refractivity contribution in [1.29, 1.82) is 0 Å². The first-order chi connectivity index (χ1) is 10.6. The highest BCUT2D eigenvalue weighted by Crippen LogP contribution is 2.23. The van der Waals surface area contributed by atoms with Crippen LogP contribution in [-0.4, -0.2) is 23.4 Å². The number of hydrogen-bond acceptors (Lipinski definition) is 3. The molecule has 2 aromatic carbocycles. The minimum absolute atomic E-state index is 0.229. The van der Waals surface area contributed by atoms with E-state index in [0.717, 1.165) is 11.1 Å². The van der Waals surface area contributed by atoms with E-state index in [-0.39, 0.29) is 5.56 Å². The second kappa shape index (κ2) is 8.11. The summed E-state index contributed by atoms with van der Waals surface area (Å²) in [6, 6.07) is 12.8. The van der Waals surface area contributed by atoms with Gasteiger partial charge in [-0.3, -0.25) is 0 Å². The Morgan fingerprint density at radius 2 is 1.86 bits per heavy atom. The van der Waals surface area contributed by atoms with Crippen LogP contribution in [0.15, 0.2) is 42.5 Å². The van der Waals surface area contributed by atoms with Gasteiger partial charge in [0.1, 0.15) is 11.3 Å². The van der Waals surface area contributed by atoms with Crippen LogP contribution in [0.4, 0.5) is 0 Å². The van der Waals surface area contributed by atoms with Crippen LogP contribution in [0.2, 0.25) is 5.02 Å². The molecule has 0 amide bonds. The van der Waals surface area contributed by atoms with E-state index in [2.05, 4.69) is 12.6 Å². The highest BCUT2D eigenvalue weighted by atomic mass is 35.5. The Labute approximate surface area is 140 Å². The number of carboxylic acids is 1. The van der Waals surface area contributed by atoms with Crippen LogP contribution >= 0.6 is 24.2 Å². The lowest BCUT2D eigenvalue weighted by molar-refractivity contribution is 0.0691. The topological polar surface area (TPSA) is 46.5 Å². The van der Waals surface area contributed by atoms with E-state index in [1.54, 1.807) is 12.1 Å². The fraction of sp³-hybridized carbons (Fsp3) is 0.235. The third-order valence-corrected chi connectivity index (χ3v) is 3.74. The average Bonchev–Trinajstić information content (AvgIpc) is 2.49. The van der Waals surface area contributed by atoms with Gasteiger partial charge in [0.05, 0.1) is 6.61 Å². The molecule has 0 radical (unpaired) electrons. The molecule has 0 saturated heterocycles. The molecule has 1 N–H and O–H groups in total. The molecule has 5 heteroatoms. The van der Waals surface area contributed by atoms with Gasteiger partial charge in [-0.1, -0.05) is 35.9 Å². The largest absolute Gasteiger partial charge is 0.492 e. The molecule has 0 atom stereocenters. The maximum atomic E-state index is 11.5. The Balaban J connectivity index is 2.07. The van der Waals surface area contributed by atoms with Crippen molar-refractivity contribution >= 4 is 30.2 Å². The van der Waals surface area contributed by atoms with Crippen LogP contribution in [0, 0.1) is 0 Å². The first kappa shape index (κ1) is 16.7. The molecule has 0 saturated carbocycles. The zero-order valence-electron chi connectivity index (χ0n) is 12.0. The summed E-state index contributed by atoms with van der Waals surface area (Å²) >= 11 is 10.0. The molecule has 0 aromatic heterocycles. The molecule has 2 rings (SSSR count). The summed E-state index contributed by atoms with van der Waals surface area (Å²) in [5, 5.41) is 10.1. The number of aryl methyl sites for hydroxylation is 1. The summed E-state index contributed by atoms with van der Waals surface area (Å²) in [6.45, 7) is 0.409. The Bertz CT molecular complexity index is 641. The molecule has 0 aliphatic carbocycles. The maximum absolute atomic E-state index is 11.5. The van der Waals surface area contributed by atoms with E-state index in [9.17, 15) is 9.90 Å². The predicted molar refractivity (Wildman–Crippen MR) is 91.6 cm³/mol. The first-order valence-electron chi connectivity index (χ1n) is 6.95. The molecule has 116 valence electrons. The molecule has 0 aliphatic heterocycles. The quantitative estimate of drug-likeness (QED) is 0.747. The lowest BCUT2D eigenvalue weighted by Gasteiger charge is -2.12. The van der Waals surface area contributed by atoms with Crippen LogP contribution in [0.25, 0.3) is 0 Å². The molecule has 0 unspecified atom stereocenters. The van der Waals surface area contributed by atoms with Crippen molar-refractivity contribution in [2.45, 2.75) is 12.8 Å². The number of ether oxygens (including phenoxy) is 1. The van der Waals surface area contributed by atoms with Gasteiger partial charge in [0.2, 0.25) is 0 Å². The Kier molecular flexibility index (Phi) is 6.16.